The lowest BCUT2D eigenvalue weighted by Gasteiger charge is -2.06. The summed E-state index contributed by atoms with van der Waals surface area (Å²) in [5.74, 6) is -0.203. The van der Waals surface area contributed by atoms with Crippen LogP contribution in [-0.2, 0) is 13.0 Å². The fourth-order valence-corrected chi connectivity index (χ4v) is 3.44. The van der Waals surface area contributed by atoms with Crippen LogP contribution in [0.2, 0.25) is 0 Å². The van der Waals surface area contributed by atoms with Gasteiger partial charge in [0, 0.05) is 6.42 Å². The van der Waals surface area contributed by atoms with Gasteiger partial charge in [-0.2, -0.15) is 5.10 Å². The van der Waals surface area contributed by atoms with E-state index in [1.54, 1.807) is 33.9 Å². The average molecular weight is 335 g/mol. The van der Waals surface area contributed by atoms with Crippen molar-refractivity contribution in [3.05, 3.63) is 53.9 Å². The molecule has 4 heterocycles. The molecular weight excluding hydrogens is 321 g/mol. The van der Waals surface area contributed by atoms with Gasteiger partial charge in [-0.3, -0.25) is 9.36 Å². The lowest BCUT2D eigenvalue weighted by molar-refractivity contribution is 0.0907. The summed E-state index contributed by atoms with van der Waals surface area (Å²) in [6, 6.07) is 6.36. The number of fused-ring (bicyclic) bond motifs is 2. The van der Waals surface area contributed by atoms with E-state index in [9.17, 15) is 9.18 Å². The molecule has 1 aromatic carbocycles. The first-order valence-corrected chi connectivity index (χ1v) is 8.20. The minimum absolute atomic E-state index is 0.0566. The van der Waals surface area contributed by atoms with Crippen LogP contribution in [0.1, 0.15) is 28.9 Å². The zero-order valence-corrected chi connectivity index (χ0v) is 13.3. The molecule has 1 aliphatic rings. The van der Waals surface area contributed by atoms with E-state index >= 15 is 0 Å². The lowest BCUT2D eigenvalue weighted by atomic mass is 10.1. The Hall–Kier alpha value is -3.09. The maximum Gasteiger partial charge on any atom is 0.232 e. The number of carbonyl (C=O) groups is 1. The molecule has 0 saturated heterocycles. The molecule has 0 aliphatic carbocycles. The molecule has 124 valence electrons. The van der Waals surface area contributed by atoms with Crippen LogP contribution in [0.25, 0.3) is 22.1 Å². The van der Waals surface area contributed by atoms with Crippen LogP contribution in [0.5, 0.6) is 0 Å². The second-order valence-electron chi connectivity index (χ2n) is 6.28. The second-order valence-corrected chi connectivity index (χ2v) is 6.28. The monoisotopic (exact) mass is 335 g/mol. The molecule has 0 unspecified atom stereocenters. The third kappa shape index (κ3) is 2.15. The van der Waals surface area contributed by atoms with Crippen LogP contribution >= 0.6 is 0 Å². The van der Waals surface area contributed by atoms with Crippen molar-refractivity contribution >= 4 is 28.0 Å². The molecule has 5 rings (SSSR count). The molecule has 1 aliphatic heterocycles. The first kappa shape index (κ1) is 14.3. The molecule has 0 amide bonds. The van der Waals surface area contributed by atoms with Crippen LogP contribution < -0.4 is 0 Å². The number of aromatic nitrogens is 5. The molecule has 0 saturated carbocycles. The SMILES string of the molecule is O=C1CCCc2nc3c(cnn3Cc3ccc(F)cc3)c3ncn1c23. The van der Waals surface area contributed by atoms with E-state index in [4.69, 9.17) is 4.98 Å². The van der Waals surface area contributed by atoms with Gasteiger partial charge in [-0.1, -0.05) is 12.1 Å². The van der Waals surface area contributed by atoms with Crippen molar-refractivity contribution in [2.75, 3.05) is 0 Å². The number of pyridine rings is 1. The Kier molecular flexibility index (Phi) is 2.97. The van der Waals surface area contributed by atoms with Crippen molar-refractivity contribution in [1.82, 2.24) is 24.3 Å². The highest BCUT2D eigenvalue weighted by Crippen LogP contribution is 2.28. The van der Waals surface area contributed by atoms with Crippen molar-refractivity contribution in [3.8, 4) is 0 Å². The topological polar surface area (TPSA) is 65.6 Å². The van der Waals surface area contributed by atoms with Gasteiger partial charge in [0.15, 0.2) is 5.65 Å². The second kappa shape index (κ2) is 5.20. The molecule has 0 spiro atoms. The largest absolute Gasteiger partial charge is 0.274 e. The van der Waals surface area contributed by atoms with Gasteiger partial charge in [-0.15, -0.1) is 0 Å². The molecule has 0 atom stereocenters. The van der Waals surface area contributed by atoms with Gasteiger partial charge >= 0.3 is 0 Å². The molecule has 0 N–H and O–H groups in total. The van der Waals surface area contributed by atoms with Gasteiger partial charge in [0.2, 0.25) is 5.91 Å². The Balaban J connectivity index is 1.69. The van der Waals surface area contributed by atoms with E-state index in [1.807, 2.05) is 0 Å². The third-order valence-electron chi connectivity index (χ3n) is 4.67. The predicted molar refractivity (Wildman–Crippen MR) is 89.9 cm³/mol. The molecular formula is C18H14FN5O. The predicted octanol–water partition coefficient (Wildman–Crippen LogP) is 2.94. The standard InChI is InChI=1S/C18H14FN5O/c19-12-6-4-11(5-7-12)9-24-18-13(8-21-24)16-17-14(22-18)2-1-3-15(25)23(17)10-20-16/h4-8,10H,1-3,9H2. The van der Waals surface area contributed by atoms with Gasteiger partial charge in [0.1, 0.15) is 17.7 Å². The number of halogens is 1. The normalized spacial score (nSPS) is 14.4. The Morgan fingerprint density at radius 3 is 2.84 bits per heavy atom. The smallest absolute Gasteiger partial charge is 0.232 e. The van der Waals surface area contributed by atoms with Crippen molar-refractivity contribution in [2.45, 2.75) is 25.8 Å². The molecule has 4 aromatic rings. The number of carbonyl (C=O) groups excluding carboxylic acids is 1. The molecule has 6 nitrogen and oxygen atoms in total. The van der Waals surface area contributed by atoms with E-state index in [-0.39, 0.29) is 11.7 Å². The Morgan fingerprint density at radius 1 is 1.16 bits per heavy atom. The van der Waals surface area contributed by atoms with Crippen molar-refractivity contribution in [1.29, 1.82) is 0 Å². The summed E-state index contributed by atoms with van der Waals surface area (Å²) in [6.07, 6.45) is 5.34. The van der Waals surface area contributed by atoms with E-state index < -0.39 is 0 Å². The van der Waals surface area contributed by atoms with Crippen LogP contribution in [0.15, 0.2) is 36.8 Å². The van der Waals surface area contributed by atoms with Crippen LogP contribution in [0.4, 0.5) is 4.39 Å². The summed E-state index contributed by atoms with van der Waals surface area (Å²) in [5.41, 5.74) is 4.13. The van der Waals surface area contributed by atoms with Crippen molar-refractivity contribution in [2.24, 2.45) is 0 Å². The highest BCUT2D eigenvalue weighted by molar-refractivity contribution is 6.05. The first-order chi connectivity index (χ1) is 12.2. The quantitative estimate of drug-likeness (QED) is 0.565. The van der Waals surface area contributed by atoms with Gasteiger partial charge in [0.25, 0.3) is 0 Å². The van der Waals surface area contributed by atoms with Crippen LogP contribution in [-0.4, -0.2) is 30.2 Å². The van der Waals surface area contributed by atoms with Crippen molar-refractivity contribution < 1.29 is 9.18 Å². The number of hydrogen-bond donors (Lipinski definition) is 0. The van der Waals surface area contributed by atoms with E-state index in [0.29, 0.717) is 13.0 Å². The Bertz CT molecular complexity index is 1130. The van der Waals surface area contributed by atoms with E-state index in [0.717, 1.165) is 46.2 Å². The van der Waals surface area contributed by atoms with Gasteiger partial charge in [-0.05, 0) is 30.5 Å². The van der Waals surface area contributed by atoms with Gasteiger partial charge in [0.05, 0.1) is 29.3 Å². The zero-order valence-electron chi connectivity index (χ0n) is 13.3. The minimum Gasteiger partial charge on any atom is -0.274 e. The van der Waals surface area contributed by atoms with E-state index in [1.165, 1.54) is 12.1 Å². The Labute approximate surface area is 141 Å². The highest BCUT2D eigenvalue weighted by atomic mass is 19.1. The number of hydrogen-bond acceptors (Lipinski definition) is 4. The summed E-state index contributed by atoms with van der Waals surface area (Å²) in [4.78, 5) is 21.4. The van der Waals surface area contributed by atoms with Crippen LogP contribution in [0, 0.1) is 5.82 Å². The summed E-state index contributed by atoms with van der Waals surface area (Å²) in [6.45, 7) is 0.501. The Morgan fingerprint density at radius 2 is 2.00 bits per heavy atom. The zero-order chi connectivity index (χ0) is 17.0. The van der Waals surface area contributed by atoms with E-state index in [2.05, 4.69) is 10.1 Å². The van der Waals surface area contributed by atoms with Crippen molar-refractivity contribution in [3.63, 3.8) is 0 Å². The first-order valence-electron chi connectivity index (χ1n) is 8.20. The minimum atomic E-state index is -0.259. The van der Waals surface area contributed by atoms with Crippen LogP contribution in [0.3, 0.4) is 0 Å². The molecule has 3 aromatic heterocycles. The highest BCUT2D eigenvalue weighted by Gasteiger charge is 2.22. The summed E-state index contributed by atoms with van der Waals surface area (Å²) >= 11 is 0. The number of aryl methyl sites for hydroxylation is 1. The molecule has 0 fully saturated rings. The summed E-state index contributed by atoms with van der Waals surface area (Å²) < 4.78 is 16.5. The lowest BCUT2D eigenvalue weighted by Crippen LogP contribution is -2.07. The fourth-order valence-electron chi connectivity index (χ4n) is 3.44. The number of imidazole rings is 1. The van der Waals surface area contributed by atoms with Gasteiger partial charge < -0.3 is 0 Å². The third-order valence-corrected chi connectivity index (χ3v) is 4.67. The molecule has 0 radical (unpaired) electrons. The number of benzene rings is 1. The number of rotatable bonds is 2. The summed E-state index contributed by atoms with van der Waals surface area (Å²) in [5, 5.41) is 5.26. The molecule has 25 heavy (non-hydrogen) atoms. The molecule has 7 heteroatoms. The summed E-state index contributed by atoms with van der Waals surface area (Å²) in [7, 11) is 0. The van der Waals surface area contributed by atoms with Gasteiger partial charge in [-0.25, -0.2) is 19.0 Å². The maximum atomic E-state index is 13.1. The fraction of sp³-hybridized carbons (Fsp3) is 0.222. The average Bonchev–Trinajstić information content (AvgIpc) is 3.17. The maximum absolute atomic E-state index is 13.1. The molecule has 0 bridgehead atoms. The number of nitrogens with zero attached hydrogens (tertiary/aromatic N) is 5.